The van der Waals surface area contributed by atoms with Crippen molar-refractivity contribution in [3.05, 3.63) is 0 Å². The molecule has 82 valence electrons. The fraction of sp³-hybridized carbons (Fsp3) is 0.917. The third kappa shape index (κ3) is 2.73. The van der Waals surface area contributed by atoms with Gasteiger partial charge in [0.1, 0.15) is 0 Å². The Kier molecular flexibility index (Phi) is 3.57. The smallest absolute Gasteiger partial charge is 0.222 e. The third-order valence-corrected chi connectivity index (χ3v) is 3.22. The van der Waals surface area contributed by atoms with Crippen molar-refractivity contribution in [2.45, 2.75) is 47.0 Å². The van der Waals surface area contributed by atoms with E-state index in [0.29, 0.717) is 17.2 Å². The van der Waals surface area contributed by atoms with E-state index in [9.17, 15) is 4.79 Å². The number of likely N-dealkylation sites (tertiary alicyclic amines) is 1. The molecule has 0 N–H and O–H groups in total. The quantitative estimate of drug-likeness (QED) is 0.666. The van der Waals surface area contributed by atoms with Gasteiger partial charge in [0, 0.05) is 19.5 Å². The molecule has 1 aliphatic rings. The summed E-state index contributed by atoms with van der Waals surface area (Å²) in [5, 5.41) is 0. The van der Waals surface area contributed by atoms with Crippen molar-refractivity contribution in [2.75, 3.05) is 13.1 Å². The molecule has 1 rings (SSSR count). The molecule has 1 unspecified atom stereocenters. The van der Waals surface area contributed by atoms with Crippen LogP contribution in [-0.4, -0.2) is 23.9 Å². The van der Waals surface area contributed by atoms with Crippen LogP contribution in [0.2, 0.25) is 0 Å². The van der Waals surface area contributed by atoms with Crippen LogP contribution in [0.5, 0.6) is 0 Å². The number of hydrogen-bond acceptors (Lipinski definition) is 1. The van der Waals surface area contributed by atoms with Crippen molar-refractivity contribution in [1.82, 2.24) is 4.90 Å². The average molecular weight is 197 g/mol. The van der Waals surface area contributed by atoms with Crippen LogP contribution in [0.4, 0.5) is 0 Å². The van der Waals surface area contributed by atoms with E-state index in [2.05, 4.69) is 27.7 Å². The second kappa shape index (κ2) is 4.33. The lowest BCUT2D eigenvalue weighted by atomic mass is 9.76. The second-order valence-electron chi connectivity index (χ2n) is 5.44. The van der Waals surface area contributed by atoms with Crippen LogP contribution in [0, 0.1) is 11.3 Å². The lowest BCUT2D eigenvalue weighted by Crippen LogP contribution is -2.44. The van der Waals surface area contributed by atoms with E-state index >= 15 is 0 Å². The minimum Gasteiger partial charge on any atom is -0.342 e. The molecule has 1 fully saturated rings. The first kappa shape index (κ1) is 11.5. The molecular formula is C12H23NO. The fourth-order valence-electron chi connectivity index (χ4n) is 2.11. The minimum atomic E-state index is 0.340. The molecule has 0 saturated carbocycles. The molecule has 0 spiro atoms. The highest BCUT2D eigenvalue weighted by atomic mass is 16.2. The van der Waals surface area contributed by atoms with Gasteiger partial charge in [-0.1, -0.05) is 27.7 Å². The van der Waals surface area contributed by atoms with E-state index in [-0.39, 0.29) is 0 Å². The summed E-state index contributed by atoms with van der Waals surface area (Å²) in [6, 6.07) is 0. The molecule has 0 bridgehead atoms. The number of piperidine rings is 1. The van der Waals surface area contributed by atoms with Gasteiger partial charge in [-0.2, -0.15) is 0 Å². The van der Waals surface area contributed by atoms with Crippen molar-refractivity contribution >= 4 is 5.91 Å². The van der Waals surface area contributed by atoms with Crippen LogP contribution in [0.3, 0.4) is 0 Å². The summed E-state index contributed by atoms with van der Waals surface area (Å²) in [4.78, 5) is 13.6. The SMILES string of the molecule is CCCN1CC(C(C)(C)C)CCC1=O. The van der Waals surface area contributed by atoms with Gasteiger partial charge in [0.25, 0.3) is 0 Å². The van der Waals surface area contributed by atoms with Crippen molar-refractivity contribution in [3.8, 4) is 0 Å². The van der Waals surface area contributed by atoms with Gasteiger partial charge in [0.05, 0.1) is 0 Å². The Morgan fingerprint density at radius 1 is 1.43 bits per heavy atom. The molecule has 0 aromatic rings. The lowest BCUT2D eigenvalue weighted by Gasteiger charge is -2.39. The maximum Gasteiger partial charge on any atom is 0.222 e. The van der Waals surface area contributed by atoms with Gasteiger partial charge in [-0.15, -0.1) is 0 Å². The summed E-state index contributed by atoms with van der Waals surface area (Å²) < 4.78 is 0. The van der Waals surface area contributed by atoms with Gasteiger partial charge >= 0.3 is 0 Å². The second-order valence-corrected chi connectivity index (χ2v) is 5.44. The highest BCUT2D eigenvalue weighted by molar-refractivity contribution is 5.76. The first-order chi connectivity index (χ1) is 6.45. The fourth-order valence-corrected chi connectivity index (χ4v) is 2.11. The molecule has 0 aromatic carbocycles. The number of nitrogens with zero attached hydrogens (tertiary/aromatic N) is 1. The van der Waals surface area contributed by atoms with Gasteiger partial charge in [-0.05, 0) is 24.2 Å². The molecule has 1 saturated heterocycles. The van der Waals surface area contributed by atoms with Crippen molar-refractivity contribution in [3.63, 3.8) is 0 Å². The molecule has 1 aliphatic heterocycles. The van der Waals surface area contributed by atoms with Crippen molar-refractivity contribution < 1.29 is 4.79 Å². The zero-order valence-electron chi connectivity index (χ0n) is 9.97. The van der Waals surface area contributed by atoms with Gasteiger partial charge < -0.3 is 4.90 Å². The molecular weight excluding hydrogens is 174 g/mol. The molecule has 2 nitrogen and oxygen atoms in total. The molecule has 0 aromatic heterocycles. The Bertz CT molecular complexity index is 205. The van der Waals surface area contributed by atoms with Crippen LogP contribution < -0.4 is 0 Å². The van der Waals surface area contributed by atoms with Gasteiger partial charge in [-0.25, -0.2) is 0 Å². The van der Waals surface area contributed by atoms with Gasteiger partial charge in [0.15, 0.2) is 0 Å². The largest absolute Gasteiger partial charge is 0.342 e. The topological polar surface area (TPSA) is 20.3 Å². The molecule has 14 heavy (non-hydrogen) atoms. The summed E-state index contributed by atoms with van der Waals surface area (Å²) in [6.45, 7) is 10.9. The normalized spacial score (nSPS) is 24.1. The highest BCUT2D eigenvalue weighted by Crippen LogP contribution is 2.33. The monoisotopic (exact) mass is 197 g/mol. The number of carbonyl (C=O) groups excluding carboxylic acids is 1. The van der Waals surface area contributed by atoms with Crippen LogP contribution in [0.1, 0.15) is 47.0 Å². The van der Waals surface area contributed by atoms with Crippen LogP contribution >= 0.6 is 0 Å². The van der Waals surface area contributed by atoms with Crippen LogP contribution in [0.15, 0.2) is 0 Å². The Labute approximate surface area is 87.7 Å². The Balaban J connectivity index is 2.57. The average Bonchev–Trinajstić information content (AvgIpc) is 2.07. The van der Waals surface area contributed by atoms with E-state index in [1.807, 2.05) is 4.90 Å². The summed E-state index contributed by atoms with van der Waals surface area (Å²) in [7, 11) is 0. The molecule has 1 heterocycles. The third-order valence-electron chi connectivity index (χ3n) is 3.22. The van der Waals surface area contributed by atoms with E-state index in [0.717, 1.165) is 32.4 Å². The van der Waals surface area contributed by atoms with E-state index in [1.165, 1.54) is 0 Å². The maximum absolute atomic E-state index is 11.6. The van der Waals surface area contributed by atoms with Crippen LogP contribution in [0.25, 0.3) is 0 Å². The first-order valence-corrected chi connectivity index (χ1v) is 5.73. The van der Waals surface area contributed by atoms with Gasteiger partial charge in [0.2, 0.25) is 5.91 Å². The molecule has 1 amide bonds. The standard InChI is InChI=1S/C12H23NO/c1-5-8-13-9-10(12(2,3)4)6-7-11(13)14/h10H,5-9H2,1-4H3. The molecule has 0 aliphatic carbocycles. The van der Waals surface area contributed by atoms with Gasteiger partial charge in [-0.3, -0.25) is 4.79 Å². The minimum absolute atomic E-state index is 0.340. The summed E-state index contributed by atoms with van der Waals surface area (Å²) >= 11 is 0. The predicted octanol–water partition coefficient (Wildman–Crippen LogP) is 2.68. The van der Waals surface area contributed by atoms with E-state index in [4.69, 9.17) is 0 Å². The maximum atomic E-state index is 11.6. The summed E-state index contributed by atoms with van der Waals surface area (Å²) in [6.07, 6.45) is 2.90. The molecule has 1 atom stereocenters. The first-order valence-electron chi connectivity index (χ1n) is 5.73. The van der Waals surface area contributed by atoms with E-state index < -0.39 is 0 Å². The zero-order valence-corrected chi connectivity index (χ0v) is 9.97. The van der Waals surface area contributed by atoms with Crippen molar-refractivity contribution in [2.24, 2.45) is 11.3 Å². The lowest BCUT2D eigenvalue weighted by molar-refractivity contribution is -0.136. The summed E-state index contributed by atoms with van der Waals surface area (Å²) in [5.74, 6) is 1.03. The van der Waals surface area contributed by atoms with E-state index in [1.54, 1.807) is 0 Å². The number of rotatable bonds is 2. The Hall–Kier alpha value is -0.530. The van der Waals surface area contributed by atoms with Crippen LogP contribution in [-0.2, 0) is 4.79 Å². The highest BCUT2D eigenvalue weighted by Gasteiger charge is 2.32. The number of amides is 1. The van der Waals surface area contributed by atoms with Crippen molar-refractivity contribution in [1.29, 1.82) is 0 Å². The zero-order chi connectivity index (χ0) is 10.8. The Morgan fingerprint density at radius 2 is 2.07 bits per heavy atom. The number of hydrogen-bond donors (Lipinski definition) is 0. The number of carbonyl (C=O) groups is 1. The Morgan fingerprint density at radius 3 is 2.57 bits per heavy atom. The predicted molar refractivity (Wildman–Crippen MR) is 59.1 cm³/mol. The molecule has 2 heteroatoms. The molecule has 0 radical (unpaired) electrons. The summed E-state index contributed by atoms with van der Waals surface area (Å²) in [5.41, 5.74) is 0.340.